The van der Waals surface area contributed by atoms with Crippen LogP contribution in [0.1, 0.15) is 150 Å². The Labute approximate surface area is 213 Å². The minimum absolute atomic E-state index is 0.0451. The van der Waals surface area contributed by atoms with Gasteiger partial charge >= 0.3 is 0 Å². The average molecular weight is 481 g/mol. The first-order chi connectivity index (χ1) is 16.7. The Morgan fingerprint density at radius 2 is 1.74 bits per heavy atom. The average Bonchev–Trinajstić information content (AvgIpc) is 2.79. The van der Waals surface area contributed by atoms with Gasteiger partial charge in [-0.2, -0.15) is 0 Å². The smallest absolute Gasteiger partial charge is 0.163 e. The van der Waals surface area contributed by atoms with Crippen LogP contribution in [0.5, 0.6) is 0 Å². The van der Waals surface area contributed by atoms with Crippen LogP contribution in [0.3, 0.4) is 0 Å². The number of fused-ring (bicyclic) bond motifs is 1. The first kappa shape index (κ1) is 27.8. The van der Waals surface area contributed by atoms with E-state index in [0.29, 0.717) is 24.0 Å². The second kappa shape index (κ2) is 12.5. The Bertz CT molecular complexity index is 919. The van der Waals surface area contributed by atoms with Gasteiger partial charge in [0.2, 0.25) is 0 Å². The lowest BCUT2D eigenvalue weighted by Crippen LogP contribution is -2.30. The summed E-state index contributed by atoms with van der Waals surface area (Å²) in [5.41, 5.74) is 6.36. The van der Waals surface area contributed by atoms with Crippen molar-refractivity contribution in [3.8, 4) is 0 Å². The molecule has 1 saturated carbocycles. The highest BCUT2D eigenvalue weighted by atomic mass is 16.1. The van der Waals surface area contributed by atoms with Crippen molar-refractivity contribution < 1.29 is 14.4 Å². The Kier molecular flexibility index (Phi) is 9.90. The van der Waals surface area contributed by atoms with E-state index in [1.807, 2.05) is 0 Å². The molecule has 0 aliphatic heterocycles. The fraction of sp³-hybridized carbons (Fsp3) is 0.719. The number of ketones is 3. The first-order valence-electron chi connectivity index (χ1n) is 14.4. The van der Waals surface area contributed by atoms with Crippen LogP contribution in [-0.4, -0.2) is 17.3 Å². The van der Waals surface area contributed by atoms with Gasteiger partial charge in [-0.25, -0.2) is 0 Å². The normalized spacial score (nSPS) is 20.5. The third-order valence-corrected chi connectivity index (χ3v) is 8.82. The number of rotatable bonds is 11. The lowest BCUT2D eigenvalue weighted by atomic mass is 9.69. The van der Waals surface area contributed by atoms with Gasteiger partial charge in [0, 0.05) is 17.9 Å². The fourth-order valence-electron chi connectivity index (χ4n) is 7.20. The molecule has 3 heteroatoms. The maximum Gasteiger partial charge on any atom is 0.163 e. The molecule has 0 saturated heterocycles. The lowest BCUT2D eigenvalue weighted by Gasteiger charge is -2.34. The Morgan fingerprint density at radius 1 is 1.06 bits per heavy atom. The third-order valence-electron chi connectivity index (χ3n) is 8.82. The van der Waals surface area contributed by atoms with Crippen LogP contribution in [-0.2, 0) is 16.0 Å². The van der Waals surface area contributed by atoms with Gasteiger partial charge in [0.05, 0.1) is 6.42 Å². The van der Waals surface area contributed by atoms with Gasteiger partial charge in [0.1, 0.15) is 11.6 Å². The van der Waals surface area contributed by atoms with Gasteiger partial charge in [-0.15, -0.1) is 0 Å². The summed E-state index contributed by atoms with van der Waals surface area (Å²) in [4.78, 5) is 38.2. The van der Waals surface area contributed by atoms with Gasteiger partial charge in [-0.1, -0.05) is 65.9 Å². The van der Waals surface area contributed by atoms with E-state index in [1.165, 1.54) is 61.3 Å². The largest absolute Gasteiger partial charge is 0.300 e. The van der Waals surface area contributed by atoms with Crippen LogP contribution in [0.4, 0.5) is 0 Å². The molecule has 0 radical (unpaired) electrons. The van der Waals surface area contributed by atoms with E-state index in [1.54, 1.807) is 0 Å². The van der Waals surface area contributed by atoms with E-state index < -0.39 is 0 Å². The molecule has 194 valence electrons. The van der Waals surface area contributed by atoms with Crippen molar-refractivity contribution in [3.05, 3.63) is 33.9 Å². The maximum atomic E-state index is 13.7. The van der Waals surface area contributed by atoms with Crippen LogP contribution in [0.2, 0.25) is 0 Å². The zero-order chi connectivity index (χ0) is 25.7. The van der Waals surface area contributed by atoms with Gasteiger partial charge < -0.3 is 0 Å². The van der Waals surface area contributed by atoms with Crippen LogP contribution in [0, 0.1) is 24.7 Å². The van der Waals surface area contributed by atoms with Crippen LogP contribution in [0.15, 0.2) is 6.07 Å². The molecule has 3 rings (SSSR count). The molecule has 3 nitrogen and oxygen atoms in total. The van der Waals surface area contributed by atoms with E-state index in [2.05, 4.69) is 40.7 Å². The highest BCUT2D eigenvalue weighted by Gasteiger charge is 2.35. The Hall–Kier alpha value is -1.77. The zero-order valence-electron chi connectivity index (χ0n) is 23.2. The van der Waals surface area contributed by atoms with E-state index in [0.717, 1.165) is 37.7 Å². The predicted octanol–water partition coefficient (Wildman–Crippen LogP) is 8.29. The molecule has 0 bridgehead atoms. The summed E-state index contributed by atoms with van der Waals surface area (Å²) < 4.78 is 0. The lowest BCUT2D eigenvalue weighted by molar-refractivity contribution is -0.129. The van der Waals surface area contributed by atoms with Crippen molar-refractivity contribution >= 4 is 17.3 Å². The summed E-state index contributed by atoms with van der Waals surface area (Å²) >= 11 is 0. The van der Waals surface area contributed by atoms with Crippen molar-refractivity contribution in [1.82, 2.24) is 0 Å². The van der Waals surface area contributed by atoms with E-state index in [9.17, 15) is 14.4 Å². The molecule has 3 atom stereocenters. The molecule has 0 amide bonds. The zero-order valence-corrected chi connectivity index (χ0v) is 23.2. The van der Waals surface area contributed by atoms with E-state index in [-0.39, 0.29) is 35.7 Å². The highest BCUT2D eigenvalue weighted by Crippen LogP contribution is 2.43. The van der Waals surface area contributed by atoms with Crippen molar-refractivity contribution in [2.75, 3.05) is 0 Å². The van der Waals surface area contributed by atoms with Crippen molar-refractivity contribution in [2.45, 2.75) is 130 Å². The summed E-state index contributed by atoms with van der Waals surface area (Å²) in [7, 11) is 0. The second-order valence-corrected chi connectivity index (χ2v) is 11.9. The molecule has 1 fully saturated rings. The number of hydrogen-bond acceptors (Lipinski definition) is 3. The minimum atomic E-state index is -0.0738. The Balaban J connectivity index is 1.91. The minimum Gasteiger partial charge on any atom is -0.300 e. The fourth-order valence-corrected chi connectivity index (χ4v) is 7.20. The van der Waals surface area contributed by atoms with Crippen molar-refractivity contribution in [2.24, 2.45) is 17.8 Å². The third kappa shape index (κ3) is 6.52. The molecule has 3 unspecified atom stereocenters. The maximum absolute atomic E-state index is 13.7. The summed E-state index contributed by atoms with van der Waals surface area (Å²) in [5, 5.41) is 0. The van der Waals surface area contributed by atoms with Crippen LogP contribution >= 0.6 is 0 Å². The van der Waals surface area contributed by atoms with Crippen LogP contribution in [0.25, 0.3) is 0 Å². The van der Waals surface area contributed by atoms with Gasteiger partial charge in [0.25, 0.3) is 0 Å². The van der Waals surface area contributed by atoms with Crippen molar-refractivity contribution in [1.29, 1.82) is 0 Å². The van der Waals surface area contributed by atoms with Gasteiger partial charge in [-0.3, -0.25) is 14.4 Å². The second-order valence-electron chi connectivity index (χ2n) is 11.9. The Morgan fingerprint density at radius 3 is 2.31 bits per heavy atom. The molecular weight excluding hydrogens is 432 g/mol. The molecule has 1 aromatic rings. The molecule has 0 aromatic heterocycles. The SMILES string of the molecule is CCCC(CC1CC(=O)c2c(C)c(C3CCCCC3)cc(C(C)C)c2C1)C(CC)C(=O)CC(C)=O. The summed E-state index contributed by atoms with van der Waals surface area (Å²) in [6.07, 6.45) is 11.7. The standard InChI is InChI=1S/C32H48O3/c1-7-12-25(26(8-2)30(34)15-21(5)33)16-23-17-29-27(20(3)4)19-28(24-13-10-9-11-14-24)22(6)32(29)31(35)18-23/h19-20,23-26H,7-18H2,1-6H3. The topological polar surface area (TPSA) is 51.2 Å². The number of carbonyl (C=O) groups is 3. The summed E-state index contributed by atoms with van der Waals surface area (Å²) in [6, 6.07) is 2.46. The van der Waals surface area contributed by atoms with Crippen LogP contribution < -0.4 is 0 Å². The molecule has 2 aliphatic carbocycles. The summed E-state index contributed by atoms with van der Waals surface area (Å²) in [5.74, 6) is 1.81. The monoisotopic (exact) mass is 480 g/mol. The van der Waals surface area contributed by atoms with Gasteiger partial charge in [0.15, 0.2) is 5.78 Å². The number of hydrogen-bond donors (Lipinski definition) is 0. The molecule has 0 N–H and O–H groups in total. The quantitative estimate of drug-likeness (QED) is 0.299. The van der Waals surface area contributed by atoms with Crippen molar-refractivity contribution in [3.63, 3.8) is 0 Å². The number of carbonyl (C=O) groups excluding carboxylic acids is 3. The molecule has 0 heterocycles. The predicted molar refractivity (Wildman–Crippen MR) is 144 cm³/mol. The number of Topliss-reactive ketones (excluding diaryl/α,β-unsaturated/α-hetero) is 3. The summed E-state index contributed by atoms with van der Waals surface area (Å²) in [6.45, 7) is 12.5. The first-order valence-corrected chi connectivity index (χ1v) is 14.4. The van der Waals surface area contributed by atoms with E-state index in [4.69, 9.17) is 0 Å². The molecule has 35 heavy (non-hydrogen) atoms. The highest BCUT2D eigenvalue weighted by molar-refractivity contribution is 6.01. The molecule has 1 aromatic carbocycles. The van der Waals surface area contributed by atoms with Gasteiger partial charge in [-0.05, 0) is 91.9 Å². The molecular formula is C32H48O3. The molecule has 2 aliphatic rings. The number of benzene rings is 1. The van der Waals surface area contributed by atoms with E-state index >= 15 is 0 Å². The molecule has 0 spiro atoms.